The monoisotopic (exact) mass is 339 g/mol. The van der Waals surface area contributed by atoms with Crippen molar-refractivity contribution in [2.45, 2.75) is 18.4 Å². The highest BCUT2D eigenvalue weighted by Gasteiger charge is 2.19. The molecule has 0 fully saturated rings. The van der Waals surface area contributed by atoms with Crippen molar-refractivity contribution in [3.63, 3.8) is 0 Å². The number of methoxy groups -OCH3 is 2. The summed E-state index contributed by atoms with van der Waals surface area (Å²) < 4.78 is 51.1. The number of halogens is 1. The topological polar surface area (TPSA) is 64.6 Å². The minimum Gasteiger partial charge on any atom is -0.496 e. The van der Waals surface area contributed by atoms with Crippen LogP contribution >= 0.6 is 0 Å². The first kappa shape index (κ1) is 17.2. The van der Waals surface area contributed by atoms with Crippen LogP contribution in [0.15, 0.2) is 41.3 Å². The molecule has 0 amide bonds. The minimum atomic E-state index is -3.86. The molecule has 0 aliphatic carbocycles. The van der Waals surface area contributed by atoms with Crippen molar-refractivity contribution in [2.24, 2.45) is 0 Å². The number of ether oxygens (including phenoxy) is 2. The van der Waals surface area contributed by atoms with Crippen LogP contribution in [0, 0.1) is 12.7 Å². The third-order valence-electron chi connectivity index (χ3n) is 3.41. The summed E-state index contributed by atoms with van der Waals surface area (Å²) in [6.07, 6.45) is 0. The fourth-order valence-corrected chi connectivity index (χ4v) is 3.46. The van der Waals surface area contributed by atoms with Gasteiger partial charge in [0.2, 0.25) is 10.0 Å². The summed E-state index contributed by atoms with van der Waals surface area (Å²) in [6.45, 7) is 1.57. The van der Waals surface area contributed by atoms with Gasteiger partial charge < -0.3 is 9.47 Å². The second-order valence-corrected chi connectivity index (χ2v) is 6.61. The zero-order valence-corrected chi connectivity index (χ0v) is 13.9. The van der Waals surface area contributed by atoms with Gasteiger partial charge in [0.05, 0.1) is 24.7 Å². The van der Waals surface area contributed by atoms with E-state index in [0.717, 1.165) is 6.07 Å². The molecule has 2 aromatic rings. The largest absolute Gasteiger partial charge is 0.496 e. The van der Waals surface area contributed by atoms with Crippen molar-refractivity contribution >= 4 is 10.0 Å². The predicted octanol–water partition coefficient (Wildman–Crippen LogP) is 2.63. The summed E-state index contributed by atoms with van der Waals surface area (Å²) >= 11 is 0. The van der Waals surface area contributed by atoms with E-state index in [2.05, 4.69) is 4.72 Å². The van der Waals surface area contributed by atoms with Crippen molar-refractivity contribution in [3.8, 4) is 11.5 Å². The predicted molar refractivity (Wildman–Crippen MR) is 84.7 cm³/mol. The fraction of sp³-hybridized carbons (Fsp3) is 0.250. The molecule has 23 heavy (non-hydrogen) atoms. The molecule has 2 rings (SSSR count). The van der Waals surface area contributed by atoms with Crippen LogP contribution in [0.2, 0.25) is 0 Å². The third kappa shape index (κ3) is 3.80. The van der Waals surface area contributed by atoms with Crippen molar-refractivity contribution in [1.29, 1.82) is 0 Å². The van der Waals surface area contributed by atoms with Gasteiger partial charge in [-0.15, -0.1) is 0 Å². The Morgan fingerprint density at radius 3 is 2.26 bits per heavy atom. The van der Waals surface area contributed by atoms with Crippen LogP contribution in [0.1, 0.15) is 11.1 Å². The molecule has 124 valence electrons. The highest BCUT2D eigenvalue weighted by atomic mass is 32.2. The lowest BCUT2D eigenvalue weighted by molar-refractivity contribution is 0.384. The summed E-state index contributed by atoms with van der Waals surface area (Å²) in [6, 6.07) is 8.80. The molecule has 2 aromatic carbocycles. The van der Waals surface area contributed by atoms with E-state index in [4.69, 9.17) is 9.47 Å². The Kier molecular flexibility index (Phi) is 5.23. The molecule has 0 atom stereocenters. The van der Waals surface area contributed by atoms with Gasteiger partial charge >= 0.3 is 0 Å². The lowest BCUT2D eigenvalue weighted by Gasteiger charge is -2.14. The first-order chi connectivity index (χ1) is 10.9. The molecular formula is C16H18FNO4S. The Morgan fingerprint density at radius 2 is 1.70 bits per heavy atom. The summed E-state index contributed by atoms with van der Waals surface area (Å²) in [5, 5.41) is 0. The molecule has 0 aromatic heterocycles. The van der Waals surface area contributed by atoms with Gasteiger partial charge in [0.25, 0.3) is 0 Å². The van der Waals surface area contributed by atoms with E-state index in [1.165, 1.54) is 26.4 Å². The van der Waals surface area contributed by atoms with E-state index >= 15 is 0 Å². The van der Waals surface area contributed by atoms with E-state index < -0.39 is 15.8 Å². The first-order valence-electron chi connectivity index (χ1n) is 6.84. The van der Waals surface area contributed by atoms with Gasteiger partial charge in [0, 0.05) is 6.54 Å². The van der Waals surface area contributed by atoms with Gasteiger partial charge in [0.15, 0.2) is 0 Å². The summed E-state index contributed by atoms with van der Waals surface area (Å²) in [5.41, 5.74) is 1.03. The Morgan fingerprint density at radius 1 is 1.09 bits per heavy atom. The van der Waals surface area contributed by atoms with Crippen molar-refractivity contribution in [3.05, 3.63) is 53.3 Å². The molecule has 7 heteroatoms. The Bertz CT molecular complexity index is 783. The first-order valence-corrected chi connectivity index (χ1v) is 8.33. The molecule has 0 aliphatic rings. The molecule has 1 N–H and O–H groups in total. The van der Waals surface area contributed by atoms with Gasteiger partial charge in [-0.3, -0.25) is 0 Å². The quantitative estimate of drug-likeness (QED) is 0.879. The molecule has 0 bridgehead atoms. The van der Waals surface area contributed by atoms with Gasteiger partial charge in [-0.25, -0.2) is 17.5 Å². The molecule has 0 saturated carbocycles. The van der Waals surface area contributed by atoms with E-state index in [1.807, 2.05) is 0 Å². The Hall–Kier alpha value is -2.12. The highest BCUT2D eigenvalue weighted by Crippen LogP contribution is 2.28. The average Bonchev–Trinajstić information content (AvgIpc) is 2.54. The molecule has 0 heterocycles. The molecule has 0 aliphatic heterocycles. The van der Waals surface area contributed by atoms with Gasteiger partial charge in [-0.1, -0.05) is 12.1 Å². The number of aryl methyl sites for hydroxylation is 1. The van der Waals surface area contributed by atoms with E-state index in [-0.39, 0.29) is 11.4 Å². The van der Waals surface area contributed by atoms with Crippen LogP contribution in [-0.2, 0) is 16.6 Å². The maximum atomic E-state index is 13.3. The number of hydrogen-bond donors (Lipinski definition) is 1. The normalized spacial score (nSPS) is 11.3. The molecule has 0 saturated heterocycles. The zero-order valence-electron chi connectivity index (χ0n) is 13.1. The van der Waals surface area contributed by atoms with Crippen molar-refractivity contribution in [1.82, 2.24) is 4.72 Å². The van der Waals surface area contributed by atoms with Crippen LogP contribution in [0.5, 0.6) is 11.5 Å². The number of benzene rings is 2. The number of nitrogens with one attached hydrogen (secondary N) is 1. The standard InChI is InChI=1S/C16H18FNO4S/c1-11-7-8-12(17)9-16(11)23(19,20)18-10-13-14(21-2)5-4-6-15(13)22-3/h4-9,18H,10H2,1-3H3. The number of sulfonamides is 1. The Balaban J connectivity index is 2.32. The third-order valence-corrected chi connectivity index (χ3v) is 4.95. The van der Waals surface area contributed by atoms with Crippen LogP contribution in [0.4, 0.5) is 4.39 Å². The summed E-state index contributed by atoms with van der Waals surface area (Å²) in [7, 11) is -0.884. The molecule has 0 radical (unpaired) electrons. The molecular weight excluding hydrogens is 321 g/mol. The molecule has 0 unspecified atom stereocenters. The summed E-state index contributed by atoms with van der Waals surface area (Å²) in [4.78, 5) is -0.0913. The molecule has 0 spiro atoms. The smallest absolute Gasteiger partial charge is 0.241 e. The highest BCUT2D eigenvalue weighted by molar-refractivity contribution is 7.89. The lowest BCUT2D eigenvalue weighted by atomic mass is 10.2. The maximum absolute atomic E-state index is 13.3. The van der Waals surface area contributed by atoms with E-state index in [1.54, 1.807) is 25.1 Å². The van der Waals surface area contributed by atoms with Gasteiger partial charge in [-0.2, -0.15) is 0 Å². The van der Waals surface area contributed by atoms with Crippen LogP contribution in [-0.4, -0.2) is 22.6 Å². The zero-order chi connectivity index (χ0) is 17.0. The van der Waals surface area contributed by atoms with Gasteiger partial charge in [0.1, 0.15) is 17.3 Å². The van der Waals surface area contributed by atoms with Crippen LogP contribution < -0.4 is 14.2 Å². The summed E-state index contributed by atoms with van der Waals surface area (Å²) in [5.74, 6) is 0.400. The average molecular weight is 339 g/mol. The van der Waals surface area contributed by atoms with Crippen molar-refractivity contribution < 1.29 is 22.3 Å². The SMILES string of the molecule is COc1cccc(OC)c1CNS(=O)(=O)c1cc(F)ccc1C. The van der Waals surface area contributed by atoms with Gasteiger partial charge in [-0.05, 0) is 36.8 Å². The Labute approximate surface area is 135 Å². The van der Waals surface area contributed by atoms with Crippen LogP contribution in [0.25, 0.3) is 0 Å². The second kappa shape index (κ2) is 6.97. The minimum absolute atomic E-state index is 0.0362. The van der Waals surface area contributed by atoms with Crippen molar-refractivity contribution in [2.75, 3.05) is 14.2 Å². The van der Waals surface area contributed by atoms with E-state index in [9.17, 15) is 12.8 Å². The van der Waals surface area contributed by atoms with E-state index in [0.29, 0.717) is 22.6 Å². The van der Waals surface area contributed by atoms with Crippen LogP contribution in [0.3, 0.4) is 0 Å². The fourth-order valence-electron chi connectivity index (χ4n) is 2.21. The number of hydrogen-bond acceptors (Lipinski definition) is 4. The number of rotatable bonds is 6. The lowest BCUT2D eigenvalue weighted by Crippen LogP contribution is -2.24. The molecule has 5 nitrogen and oxygen atoms in total. The second-order valence-electron chi connectivity index (χ2n) is 4.88. The maximum Gasteiger partial charge on any atom is 0.241 e.